The second kappa shape index (κ2) is 20.6. The number of benzene rings is 2. The first-order valence-electron chi connectivity index (χ1n) is 17.7. The van der Waals surface area contributed by atoms with Crippen molar-refractivity contribution in [3.63, 3.8) is 0 Å². The zero-order chi connectivity index (χ0) is 37.3. The van der Waals surface area contributed by atoms with E-state index in [0.29, 0.717) is 57.7 Å². The maximum Gasteiger partial charge on any atom is 0.245 e. The third-order valence-corrected chi connectivity index (χ3v) is 8.73. The number of carbonyl (C=O) groups excluding carboxylic acids is 4. The van der Waals surface area contributed by atoms with E-state index in [9.17, 15) is 19.2 Å². The van der Waals surface area contributed by atoms with E-state index in [0.717, 1.165) is 11.1 Å². The highest BCUT2D eigenvalue weighted by molar-refractivity contribution is 5.95. The maximum atomic E-state index is 14.0. The molecule has 1 saturated heterocycles. The monoisotopic (exact) mass is 704 g/mol. The van der Waals surface area contributed by atoms with Crippen molar-refractivity contribution in [1.82, 2.24) is 25.8 Å². The van der Waals surface area contributed by atoms with Crippen molar-refractivity contribution in [2.45, 2.75) is 83.5 Å². The first-order chi connectivity index (χ1) is 24.3. The van der Waals surface area contributed by atoms with Gasteiger partial charge >= 0.3 is 0 Å². The van der Waals surface area contributed by atoms with Crippen LogP contribution in [-0.2, 0) is 32.0 Å². The fraction of sp³-hybridized carbons (Fsp3) is 0.514. The first kappa shape index (κ1) is 40.4. The van der Waals surface area contributed by atoms with Crippen molar-refractivity contribution in [2.24, 2.45) is 28.1 Å². The molecule has 10 N–H and O–H groups in total. The highest BCUT2D eigenvalue weighted by Crippen LogP contribution is 2.13. The van der Waals surface area contributed by atoms with Crippen LogP contribution in [0.2, 0.25) is 0 Å². The molecule has 0 spiro atoms. The van der Waals surface area contributed by atoms with Gasteiger partial charge in [-0.05, 0) is 56.1 Å². The van der Waals surface area contributed by atoms with Gasteiger partial charge in [0.15, 0.2) is 5.96 Å². The Labute approximate surface area is 301 Å². The minimum Gasteiger partial charge on any atom is -0.370 e. The Kier molecular flexibility index (Phi) is 16.4. The smallest absolute Gasteiger partial charge is 0.245 e. The van der Waals surface area contributed by atoms with Crippen LogP contribution >= 0.6 is 0 Å². The Hall–Kier alpha value is -4.98. The second-order valence-electron chi connectivity index (χ2n) is 13.5. The van der Waals surface area contributed by atoms with Gasteiger partial charge in [-0.1, -0.05) is 74.5 Å². The Morgan fingerprint density at radius 3 is 1.88 bits per heavy atom. The van der Waals surface area contributed by atoms with E-state index >= 15 is 0 Å². The normalized spacial score (nSPS) is 15.5. The van der Waals surface area contributed by atoms with Crippen molar-refractivity contribution in [3.05, 3.63) is 71.8 Å². The van der Waals surface area contributed by atoms with Crippen LogP contribution in [0.25, 0.3) is 0 Å². The van der Waals surface area contributed by atoms with Crippen molar-refractivity contribution < 1.29 is 19.2 Å². The van der Waals surface area contributed by atoms with Gasteiger partial charge in [-0.3, -0.25) is 29.6 Å². The number of carbonyl (C=O) groups is 4. The Morgan fingerprint density at radius 2 is 1.29 bits per heavy atom. The Bertz CT molecular complexity index is 1470. The quantitative estimate of drug-likeness (QED) is 0.0709. The van der Waals surface area contributed by atoms with Gasteiger partial charge in [-0.25, -0.2) is 0 Å². The molecule has 1 fully saturated rings. The summed E-state index contributed by atoms with van der Waals surface area (Å²) in [6, 6.07) is 14.9. The molecule has 51 heavy (non-hydrogen) atoms. The van der Waals surface area contributed by atoms with Crippen LogP contribution < -0.4 is 33.2 Å². The zero-order valence-electron chi connectivity index (χ0n) is 30.1. The summed E-state index contributed by atoms with van der Waals surface area (Å²) in [5.41, 5.74) is 19.0. The Balaban J connectivity index is 1.79. The minimum atomic E-state index is -1.02. The van der Waals surface area contributed by atoms with Crippen LogP contribution in [0.5, 0.6) is 0 Å². The number of hydrogen-bond donors (Lipinski definition) is 7. The van der Waals surface area contributed by atoms with E-state index in [1.807, 2.05) is 79.4 Å². The standard InChI is InChI=1S/C37H56N10O4/c1-25(2)22-31(34(49)43-30(16-10-17-42-37(40)41)36(51)47-19-11-18-46(20-21-47)26(3)38)45-35(50)32(24-28-14-8-5-9-15-28)44-33(48)29(39)23-27-12-6-4-7-13-27/h4-9,12-15,25,29-32,38H,10-11,16-24,39H2,1-3H3,(H,43,49)(H,44,48)(H,45,50)(H4,40,41,42)/t29-,30-,31-,32-/m1/s1. The molecule has 0 bridgehead atoms. The lowest BCUT2D eigenvalue weighted by atomic mass is 9.99. The number of guanidine groups is 1. The maximum absolute atomic E-state index is 14.0. The molecule has 0 unspecified atom stereocenters. The van der Waals surface area contributed by atoms with Crippen molar-refractivity contribution >= 4 is 35.4 Å². The van der Waals surface area contributed by atoms with Crippen LogP contribution in [0.3, 0.4) is 0 Å². The van der Waals surface area contributed by atoms with E-state index in [1.165, 1.54) is 0 Å². The molecule has 2 aromatic rings. The van der Waals surface area contributed by atoms with E-state index in [2.05, 4.69) is 20.9 Å². The van der Waals surface area contributed by atoms with Gasteiger partial charge in [0.1, 0.15) is 18.1 Å². The molecule has 2 aromatic carbocycles. The predicted molar refractivity (Wildman–Crippen MR) is 200 cm³/mol. The lowest BCUT2D eigenvalue weighted by molar-refractivity contribution is -0.138. The van der Waals surface area contributed by atoms with Gasteiger partial charge in [-0.15, -0.1) is 0 Å². The number of nitrogens with one attached hydrogen (secondary N) is 4. The number of amides is 4. The van der Waals surface area contributed by atoms with Crippen molar-refractivity contribution in [3.8, 4) is 0 Å². The Morgan fingerprint density at radius 1 is 0.765 bits per heavy atom. The highest BCUT2D eigenvalue weighted by atomic mass is 16.2. The van der Waals surface area contributed by atoms with Gasteiger partial charge in [0.05, 0.1) is 11.9 Å². The molecular weight excluding hydrogens is 648 g/mol. The summed E-state index contributed by atoms with van der Waals surface area (Å²) in [5, 5.41) is 16.6. The summed E-state index contributed by atoms with van der Waals surface area (Å²) in [6.45, 7) is 7.96. The first-order valence-corrected chi connectivity index (χ1v) is 17.7. The number of nitrogens with two attached hydrogens (primary N) is 3. The number of hydrogen-bond acceptors (Lipinski definition) is 7. The third kappa shape index (κ3) is 14.0. The summed E-state index contributed by atoms with van der Waals surface area (Å²) < 4.78 is 0. The summed E-state index contributed by atoms with van der Waals surface area (Å²) in [7, 11) is 0. The molecule has 1 aliphatic heterocycles. The number of rotatable bonds is 17. The van der Waals surface area contributed by atoms with Crippen molar-refractivity contribution in [2.75, 3.05) is 32.7 Å². The molecule has 4 amide bonds. The van der Waals surface area contributed by atoms with E-state index in [4.69, 9.17) is 22.6 Å². The molecule has 278 valence electrons. The molecule has 14 heteroatoms. The van der Waals surface area contributed by atoms with Crippen LogP contribution in [0.4, 0.5) is 0 Å². The molecule has 0 aromatic heterocycles. The lowest BCUT2D eigenvalue weighted by Crippen LogP contribution is -2.58. The van der Waals surface area contributed by atoms with Crippen molar-refractivity contribution in [1.29, 1.82) is 5.41 Å². The van der Waals surface area contributed by atoms with Gasteiger partial charge in [0.25, 0.3) is 0 Å². The molecule has 0 aliphatic carbocycles. The van der Waals surface area contributed by atoms with E-state index < -0.39 is 41.9 Å². The summed E-state index contributed by atoms with van der Waals surface area (Å²) in [6.07, 6.45) is 2.16. The second-order valence-corrected chi connectivity index (χ2v) is 13.5. The molecule has 1 aliphatic rings. The number of nitrogens with zero attached hydrogens (tertiary/aromatic N) is 3. The van der Waals surface area contributed by atoms with E-state index in [-0.39, 0.29) is 37.2 Å². The molecule has 3 rings (SSSR count). The van der Waals surface area contributed by atoms with E-state index in [1.54, 1.807) is 11.8 Å². The lowest BCUT2D eigenvalue weighted by Gasteiger charge is -2.29. The summed E-state index contributed by atoms with van der Waals surface area (Å²) in [4.78, 5) is 62.8. The third-order valence-electron chi connectivity index (χ3n) is 8.73. The van der Waals surface area contributed by atoms with Gasteiger partial charge in [0, 0.05) is 39.1 Å². The van der Waals surface area contributed by atoms with Gasteiger partial charge in [-0.2, -0.15) is 0 Å². The topological polar surface area (TPSA) is 225 Å². The fourth-order valence-corrected chi connectivity index (χ4v) is 6.00. The molecule has 4 atom stereocenters. The zero-order valence-corrected chi connectivity index (χ0v) is 30.1. The average Bonchev–Trinajstić information content (AvgIpc) is 3.36. The van der Waals surface area contributed by atoms with Gasteiger partial charge in [0.2, 0.25) is 23.6 Å². The van der Waals surface area contributed by atoms with Crippen LogP contribution in [0.1, 0.15) is 57.6 Å². The molecular formula is C37H56N10O4. The average molecular weight is 705 g/mol. The van der Waals surface area contributed by atoms with Gasteiger partial charge < -0.3 is 43.0 Å². The summed E-state index contributed by atoms with van der Waals surface area (Å²) in [5.74, 6) is -1.37. The van der Waals surface area contributed by atoms with Crippen LogP contribution in [-0.4, -0.2) is 102 Å². The molecule has 0 radical (unpaired) electrons. The van der Waals surface area contributed by atoms with Crippen LogP contribution in [0.15, 0.2) is 65.7 Å². The highest BCUT2D eigenvalue weighted by Gasteiger charge is 2.33. The molecule has 1 heterocycles. The largest absolute Gasteiger partial charge is 0.370 e. The number of aliphatic imine (C=N–C) groups is 1. The molecule has 14 nitrogen and oxygen atoms in total. The fourth-order valence-electron chi connectivity index (χ4n) is 6.00. The SMILES string of the molecule is CC(=N)N1CCCN(C(=O)[C@@H](CCCN=C(N)N)NC(=O)[C@@H](CC(C)C)NC(=O)[C@@H](Cc2ccccc2)NC(=O)[C@H](N)Cc2ccccc2)CC1. The molecule has 0 saturated carbocycles. The van der Waals surface area contributed by atoms with Crippen LogP contribution in [0, 0.1) is 11.3 Å². The number of amidine groups is 1. The predicted octanol–water partition coefficient (Wildman–Crippen LogP) is 0.885. The minimum absolute atomic E-state index is 0.0134. The summed E-state index contributed by atoms with van der Waals surface area (Å²) >= 11 is 0.